The molecule has 0 aromatic rings. The molecule has 0 unspecified atom stereocenters. The maximum atomic E-state index is 10.8. The Morgan fingerprint density at radius 2 is 2.50 bits per heavy atom. The van der Waals surface area contributed by atoms with Gasteiger partial charge in [-0.2, -0.15) is 0 Å². The highest BCUT2D eigenvalue weighted by molar-refractivity contribution is 5.86. The van der Waals surface area contributed by atoms with Crippen LogP contribution in [0.2, 0.25) is 0 Å². The molecule has 0 radical (unpaired) electrons. The summed E-state index contributed by atoms with van der Waals surface area (Å²) < 4.78 is 0. The van der Waals surface area contributed by atoms with Gasteiger partial charge in [-0.25, -0.2) is 15.8 Å². The van der Waals surface area contributed by atoms with E-state index in [1.807, 2.05) is 6.92 Å². The summed E-state index contributed by atoms with van der Waals surface area (Å²) in [6.07, 6.45) is 1.62. The molecule has 1 heterocycles. The maximum Gasteiger partial charge on any atom is 0.239 e. The number of carbonyl (C=O) groups is 1. The van der Waals surface area contributed by atoms with Crippen LogP contribution >= 0.6 is 0 Å². The van der Waals surface area contributed by atoms with Crippen molar-refractivity contribution in [1.82, 2.24) is 10.3 Å². The van der Waals surface area contributed by atoms with Crippen molar-refractivity contribution in [3.8, 4) is 0 Å². The van der Waals surface area contributed by atoms with Crippen molar-refractivity contribution in [2.45, 2.75) is 13.8 Å². The molecule has 3 N–H and O–H groups in total. The lowest BCUT2D eigenvalue weighted by atomic mass is 10.4. The van der Waals surface area contributed by atoms with E-state index in [-0.39, 0.29) is 5.91 Å². The second-order valence-corrected chi connectivity index (χ2v) is 2.62. The van der Waals surface area contributed by atoms with E-state index in [4.69, 9.17) is 5.84 Å². The summed E-state index contributed by atoms with van der Waals surface area (Å²) in [5.74, 6) is 5.64. The molecule has 1 rings (SSSR count). The molecule has 66 valence electrons. The fourth-order valence-electron chi connectivity index (χ4n) is 0.842. The van der Waals surface area contributed by atoms with Crippen LogP contribution in [0.5, 0.6) is 0 Å². The van der Waals surface area contributed by atoms with Gasteiger partial charge in [0.15, 0.2) is 5.82 Å². The molecule has 0 aromatic heterocycles. The highest BCUT2D eigenvalue weighted by Gasteiger charge is 2.11. The smallest absolute Gasteiger partial charge is 0.239 e. The van der Waals surface area contributed by atoms with Crippen molar-refractivity contribution in [3.63, 3.8) is 0 Å². The second-order valence-electron chi connectivity index (χ2n) is 2.62. The lowest BCUT2D eigenvalue weighted by Crippen LogP contribution is -2.37. The Hall–Kier alpha value is -1.36. The molecule has 5 nitrogen and oxygen atoms in total. The van der Waals surface area contributed by atoms with Crippen LogP contribution in [0.3, 0.4) is 0 Å². The first-order valence-electron chi connectivity index (χ1n) is 3.64. The van der Waals surface area contributed by atoms with Gasteiger partial charge < -0.3 is 5.32 Å². The molecule has 0 aliphatic carbocycles. The third kappa shape index (κ3) is 1.82. The van der Waals surface area contributed by atoms with Crippen LogP contribution < -0.4 is 11.2 Å². The van der Waals surface area contributed by atoms with Crippen molar-refractivity contribution < 1.29 is 4.79 Å². The summed E-state index contributed by atoms with van der Waals surface area (Å²) in [6, 6.07) is 0. The van der Waals surface area contributed by atoms with E-state index >= 15 is 0 Å². The first-order chi connectivity index (χ1) is 5.61. The van der Waals surface area contributed by atoms with Crippen LogP contribution in [-0.4, -0.2) is 23.2 Å². The zero-order valence-electron chi connectivity index (χ0n) is 7.16. The number of amides is 1. The number of nitrogens with two attached hydrogens (primary N) is 1. The number of hydrogen-bond donors (Lipinski definition) is 2. The number of carbonyl (C=O) groups excluding carboxylic acids is 1. The topological polar surface area (TPSA) is 70.7 Å². The van der Waals surface area contributed by atoms with Gasteiger partial charge in [-0.3, -0.25) is 4.79 Å². The molecular weight excluding hydrogens is 156 g/mol. The normalized spacial score (nSPS) is 15.9. The first-order valence-corrected chi connectivity index (χ1v) is 3.64. The predicted octanol–water partition coefficient (Wildman–Crippen LogP) is -0.428. The largest absolute Gasteiger partial charge is 0.383 e. The summed E-state index contributed by atoms with van der Waals surface area (Å²) in [7, 11) is 0. The SMILES string of the molecule is CC(=O)N(N)C1=CNCC(C)=N1. The Bertz CT molecular complexity index is 256. The number of nitrogens with zero attached hydrogens (tertiary/aromatic N) is 2. The van der Waals surface area contributed by atoms with Gasteiger partial charge in [-0.15, -0.1) is 0 Å². The number of nitrogens with one attached hydrogen (secondary N) is 1. The zero-order valence-corrected chi connectivity index (χ0v) is 7.16. The van der Waals surface area contributed by atoms with Crippen molar-refractivity contribution in [2.75, 3.05) is 6.54 Å². The molecule has 1 aliphatic heterocycles. The number of aliphatic imine (C=N–C) groups is 1. The Kier molecular flexibility index (Phi) is 2.44. The average molecular weight is 168 g/mol. The summed E-state index contributed by atoms with van der Waals surface area (Å²) in [5.41, 5.74) is 0.907. The maximum absolute atomic E-state index is 10.8. The van der Waals surface area contributed by atoms with Gasteiger partial charge in [0.1, 0.15) is 0 Å². The molecule has 12 heavy (non-hydrogen) atoms. The standard InChI is InChI=1S/C7H12N4O/c1-5-3-9-4-7(10-5)11(8)6(2)12/h4,9H,3,8H2,1-2H3. The van der Waals surface area contributed by atoms with Gasteiger partial charge in [0.2, 0.25) is 5.91 Å². The van der Waals surface area contributed by atoms with Gasteiger partial charge in [0.05, 0.1) is 6.54 Å². The number of rotatable bonds is 1. The average Bonchev–Trinajstić information content (AvgIpc) is 2.03. The lowest BCUT2D eigenvalue weighted by molar-refractivity contribution is -0.127. The number of hydrazine groups is 1. The van der Waals surface area contributed by atoms with E-state index in [1.165, 1.54) is 6.92 Å². The monoisotopic (exact) mass is 168 g/mol. The van der Waals surface area contributed by atoms with Crippen LogP contribution in [0.4, 0.5) is 0 Å². The summed E-state index contributed by atoms with van der Waals surface area (Å²) in [4.78, 5) is 14.9. The molecule has 0 aromatic carbocycles. The quantitative estimate of drug-likeness (QED) is 0.317. The second kappa shape index (κ2) is 3.36. The van der Waals surface area contributed by atoms with Crippen LogP contribution in [0, 0.1) is 0 Å². The zero-order chi connectivity index (χ0) is 9.14. The molecule has 0 saturated carbocycles. The van der Waals surface area contributed by atoms with Crippen molar-refractivity contribution in [1.29, 1.82) is 0 Å². The van der Waals surface area contributed by atoms with Gasteiger partial charge in [0.25, 0.3) is 0 Å². The third-order valence-corrected chi connectivity index (χ3v) is 1.48. The molecule has 0 saturated heterocycles. The Balaban J connectivity index is 2.76. The molecule has 0 bridgehead atoms. The molecule has 0 spiro atoms. The van der Waals surface area contributed by atoms with E-state index < -0.39 is 0 Å². The Morgan fingerprint density at radius 1 is 1.83 bits per heavy atom. The lowest BCUT2D eigenvalue weighted by Gasteiger charge is -2.18. The molecule has 1 aliphatic rings. The summed E-state index contributed by atoms with van der Waals surface area (Å²) in [6.45, 7) is 3.96. The highest BCUT2D eigenvalue weighted by atomic mass is 16.2. The van der Waals surface area contributed by atoms with Gasteiger partial charge in [-0.1, -0.05) is 0 Å². The van der Waals surface area contributed by atoms with Crippen LogP contribution in [0.1, 0.15) is 13.8 Å². The van der Waals surface area contributed by atoms with Crippen molar-refractivity contribution in [2.24, 2.45) is 10.8 Å². The molecule has 0 atom stereocenters. The Morgan fingerprint density at radius 3 is 3.00 bits per heavy atom. The minimum atomic E-state index is -0.235. The van der Waals surface area contributed by atoms with Gasteiger partial charge in [0, 0.05) is 18.8 Å². The van der Waals surface area contributed by atoms with Crippen LogP contribution in [0.15, 0.2) is 17.0 Å². The highest BCUT2D eigenvalue weighted by Crippen LogP contribution is 2.03. The molecule has 1 amide bonds. The summed E-state index contributed by atoms with van der Waals surface area (Å²) in [5, 5.41) is 3.96. The number of hydrogen-bond acceptors (Lipinski definition) is 4. The molecule has 0 fully saturated rings. The predicted molar refractivity (Wildman–Crippen MR) is 45.9 cm³/mol. The summed E-state index contributed by atoms with van der Waals surface area (Å²) >= 11 is 0. The third-order valence-electron chi connectivity index (χ3n) is 1.48. The fraction of sp³-hybridized carbons (Fsp3) is 0.429. The first kappa shape index (κ1) is 8.73. The van der Waals surface area contributed by atoms with Crippen molar-refractivity contribution >= 4 is 11.6 Å². The Labute approximate surface area is 70.9 Å². The minimum Gasteiger partial charge on any atom is -0.383 e. The molecular formula is C7H12N4O. The van der Waals surface area contributed by atoms with E-state index in [1.54, 1.807) is 6.20 Å². The van der Waals surface area contributed by atoms with Crippen LogP contribution in [0.25, 0.3) is 0 Å². The van der Waals surface area contributed by atoms with E-state index in [9.17, 15) is 4.79 Å². The van der Waals surface area contributed by atoms with Crippen molar-refractivity contribution in [3.05, 3.63) is 12.0 Å². The van der Waals surface area contributed by atoms with E-state index in [2.05, 4.69) is 10.3 Å². The van der Waals surface area contributed by atoms with E-state index in [0.29, 0.717) is 12.4 Å². The molecule has 5 heteroatoms. The van der Waals surface area contributed by atoms with Crippen LogP contribution in [-0.2, 0) is 4.79 Å². The minimum absolute atomic E-state index is 0.235. The fourth-order valence-corrected chi connectivity index (χ4v) is 0.842. The van der Waals surface area contributed by atoms with Gasteiger partial charge in [-0.05, 0) is 6.92 Å². The van der Waals surface area contributed by atoms with Gasteiger partial charge >= 0.3 is 0 Å². The van der Waals surface area contributed by atoms with E-state index in [0.717, 1.165) is 10.7 Å².